The fourth-order valence-electron chi connectivity index (χ4n) is 1.19. The second kappa shape index (κ2) is 5.44. The standard InChI is InChI=1S/C10H18N4O2S/c1-8-6-9(7-12-10(8)11)17(15,16)13-4-5-14(2)3/h6-7,13H,4-5H2,1-3H3,(H2,11,12). The molecule has 0 unspecified atom stereocenters. The van der Waals surface area contributed by atoms with E-state index in [2.05, 4.69) is 9.71 Å². The molecule has 1 rings (SSSR count). The van der Waals surface area contributed by atoms with E-state index in [1.165, 1.54) is 12.3 Å². The second-order valence-electron chi connectivity index (χ2n) is 4.07. The average Bonchev–Trinajstić information content (AvgIpc) is 2.21. The molecule has 1 heterocycles. The summed E-state index contributed by atoms with van der Waals surface area (Å²) in [6.07, 6.45) is 1.26. The van der Waals surface area contributed by atoms with E-state index in [0.29, 0.717) is 24.5 Å². The van der Waals surface area contributed by atoms with Gasteiger partial charge in [0.05, 0.1) is 0 Å². The lowest BCUT2D eigenvalue weighted by Gasteiger charge is -2.11. The number of sulfonamides is 1. The highest BCUT2D eigenvalue weighted by Crippen LogP contribution is 2.13. The first-order valence-corrected chi connectivity index (χ1v) is 6.68. The lowest BCUT2D eigenvalue weighted by Crippen LogP contribution is -2.31. The van der Waals surface area contributed by atoms with Crippen molar-refractivity contribution < 1.29 is 8.42 Å². The number of nitrogens with one attached hydrogen (secondary N) is 1. The smallest absolute Gasteiger partial charge is 0.242 e. The zero-order chi connectivity index (χ0) is 13.1. The maximum Gasteiger partial charge on any atom is 0.242 e. The van der Waals surface area contributed by atoms with Crippen molar-refractivity contribution in [3.63, 3.8) is 0 Å². The Morgan fingerprint density at radius 2 is 2.12 bits per heavy atom. The summed E-state index contributed by atoms with van der Waals surface area (Å²) in [7, 11) is 0.266. The number of rotatable bonds is 5. The van der Waals surface area contributed by atoms with Crippen LogP contribution in [0.1, 0.15) is 5.56 Å². The average molecular weight is 258 g/mol. The quantitative estimate of drug-likeness (QED) is 0.764. The largest absolute Gasteiger partial charge is 0.383 e. The molecule has 0 fully saturated rings. The monoisotopic (exact) mass is 258 g/mol. The predicted octanol–water partition coefficient (Wildman–Crippen LogP) is -0.188. The third kappa shape index (κ3) is 3.95. The van der Waals surface area contributed by atoms with Crippen molar-refractivity contribution >= 4 is 15.8 Å². The van der Waals surface area contributed by atoms with Crippen molar-refractivity contribution in [3.8, 4) is 0 Å². The van der Waals surface area contributed by atoms with Gasteiger partial charge in [-0.15, -0.1) is 0 Å². The van der Waals surface area contributed by atoms with Crippen molar-refractivity contribution in [1.29, 1.82) is 0 Å². The van der Waals surface area contributed by atoms with Gasteiger partial charge in [0, 0.05) is 19.3 Å². The molecule has 17 heavy (non-hydrogen) atoms. The van der Waals surface area contributed by atoms with Gasteiger partial charge in [-0.1, -0.05) is 0 Å². The van der Waals surface area contributed by atoms with Crippen molar-refractivity contribution in [1.82, 2.24) is 14.6 Å². The third-order valence-electron chi connectivity index (χ3n) is 2.26. The van der Waals surface area contributed by atoms with Crippen LogP contribution in [0.4, 0.5) is 5.82 Å². The Kier molecular flexibility index (Phi) is 4.44. The first-order valence-electron chi connectivity index (χ1n) is 5.19. The summed E-state index contributed by atoms with van der Waals surface area (Å²) in [6, 6.07) is 1.51. The minimum atomic E-state index is -3.49. The number of likely N-dealkylation sites (N-methyl/N-ethyl adjacent to an activating group) is 1. The van der Waals surface area contributed by atoms with E-state index in [0.717, 1.165) is 0 Å². The van der Waals surface area contributed by atoms with E-state index in [-0.39, 0.29) is 4.90 Å². The summed E-state index contributed by atoms with van der Waals surface area (Å²) in [5, 5.41) is 0. The molecule has 0 aliphatic heterocycles. The Hall–Kier alpha value is -1.18. The summed E-state index contributed by atoms with van der Waals surface area (Å²) in [5.41, 5.74) is 6.19. The van der Waals surface area contributed by atoms with Gasteiger partial charge in [-0.2, -0.15) is 0 Å². The number of nitrogen functional groups attached to an aromatic ring is 1. The molecule has 0 amide bonds. The van der Waals surface area contributed by atoms with Gasteiger partial charge in [-0.25, -0.2) is 18.1 Å². The first-order chi connectivity index (χ1) is 7.83. The molecule has 6 nitrogen and oxygen atoms in total. The fourth-order valence-corrected chi connectivity index (χ4v) is 2.24. The van der Waals surface area contributed by atoms with E-state index in [4.69, 9.17) is 5.73 Å². The second-order valence-corrected chi connectivity index (χ2v) is 5.84. The van der Waals surface area contributed by atoms with Crippen LogP contribution in [0, 0.1) is 6.92 Å². The van der Waals surface area contributed by atoms with E-state index >= 15 is 0 Å². The number of nitrogens with zero attached hydrogens (tertiary/aromatic N) is 2. The highest BCUT2D eigenvalue weighted by atomic mass is 32.2. The van der Waals surface area contributed by atoms with Gasteiger partial charge in [0.15, 0.2) is 0 Å². The number of hydrogen-bond acceptors (Lipinski definition) is 5. The number of nitrogens with two attached hydrogens (primary N) is 1. The van der Waals surface area contributed by atoms with E-state index in [1.807, 2.05) is 19.0 Å². The molecule has 0 saturated heterocycles. The molecule has 0 aliphatic rings. The number of anilines is 1. The van der Waals surface area contributed by atoms with Gasteiger partial charge in [0.25, 0.3) is 0 Å². The fraction of sp³-hybridized carbons (Fsp3) is 0.500. The van der Waals surface area contributed by atoms with Gasteiger partial charge in [-0.05, 0) is 32.6 Å². The van der Waals surface area contributed by atoms with Crippen LogP contribution >= 0.6 is 0 Å². The summed E-state index contributed by atoms with van der Waals surface area (Å²) < 4.78 is 26.2. The van der Waals surface area contributed by atoms with Gasteiger partial charge in [0.2, 0.25) is 10.0 Å². The number of aromatic nitrogens is 1. The molecule has 3 N–H and O–H groups in total. The highest BCUT2D eigenvalue weighted by molar-refractivity contribution is 7.89. The summed E-state index contributed by atoms with van der Waals surface area (Å²) >= 11 is 0. The van der Waals surface area contributed by atoms with Crippen molar-refractivity contribution in [3.05, 3.63) is 17.8 Å². The Morgan fingerprint density at radius 3 is 2.65 bits per heavy atom. The third-order valence-corrected chi connectivity index (χ3v) is 3.68. The number of aryl methyl sites for hydroxylation is 1. The van der Waals surface area contributed by atoms with Gasteiger partial charge >= 0.3 is 0 Å². The number of hydrogen-bond donors (Lipinski definition) is 2. The molecular formula is C10H18N4O2S. The maximum absolute atomic E-state index is 11.9. The summed E-state index contributed by atoms with van der Waals surface area (Å²) in [4.78, 5) is 5.88. The highest BCUT2D eigenvalue weighted by Gasteiger charge is 2.14. The topological polar surface area (TPSA) is 88.3 Å². The summed E-state index contributed by atoms with van der Waals surface area (Å²) in [5.74, 6) is 0.345. The molecule has 0 radical (unpaired) electrons. The molecule has 7 heteroatoms. The maximum atomic E-state index is 11.9. The SMILES string of the molecule is Cc1cc(S(=O)(=O)NCCN(C)C)cnc1N. The normalized spacial score (nSPS) is 12.0. The van der Waals surface area contributed by atoms with Gasteiger partial charge in [0.1, 0.15) is 10.7 Å². The molecule has 1 aromatic heterocycles. The summed E-state index contributed by atoms with van der Waals surface area (Å²) in [6.45, 7) is 2.72. The minimum Gasteiger partial charge on any atom is -0.383 e. The molecule has 0 bridgehead atoms. The van der Waals surface area contributed by atoms with Crippen LogP contribution in [-0.4, -0.2) is 45.5 Å². The van der Waals surface area contributed by atoms with Gasteiger partial charge in [-0.3, -0.25) is 0 Å². The zero-order valence-electron chi connectivity index (χ0n) is 10.3. The Bertz CT molecular complexity index is 485. The van der Waals surface area contributed by atoms with Crippen LogP contribution in [0.25, 0.3) is 0 Å². The zero-order valence-corrected chi connectivity index (χ0v) is 11.1. The molecular weight excluding hydrogens is 240 g/mol. The Balaban J connectivity index is 2.79. The van der Waals surface area contributed by atoms with E-state index < -0.39 is 10.0 Å². The van der Waals surface area contributed by atoms with Crippen molar-refractivity contribution in [2.45, 2.75) is 11.8 Å². The van der Waals surface area contributed by atoms with E-state index in [1.54, 1.807) is 6.92 Å². The van der Waals surface area contributed by atoms with E-state index in [9.17, 15) is 8.42 Å². The minimum absolute atomic E-state index is 0.142. The van der Waals surface area contributed by atoms with Crippen LogP contribution in [0.15, 0.2) is 17.2 Å². The predicted molar refractivity (Wildman–Crippen MR) is 67.1 cm³/mol. The molecule has 1 aromatic rings. The Labute approximate surface area is 102 Å². The number of pyridine rings is 1. The van der Waals surface area contributed by atoms with Gasteiger partial charge < -0.3 is 10.6 Å². The van der Waals surface area contributed by atoms with Crippen molar-refractivity contribution in [2.24, 2.45) is 0 Å². The molecule has 0 aromatic carbocycles. The first kappa shape index (κ1) is 13.9. The van der Waals surface area contributed by atoms with Crippen LogP contribution in [0.3, 0.4) is 0 Å². The van der Waals surface area contributed by atoms with Crippen LogP contribution in [-0.2, 0) is 10.0 Å². The molecule has 96 valence electrons. The lowest BCUT2D eigenvalue weighted by atomic mass is 10.3. The Morgan fingerprint density at radius 1 is 1.47 bits per heavy atom. The lowest BCUT2D eigenvalue weighted by molar-refractivity contribution is 0.412. The van der Waals surface area contributed by atoms with Crippen molar-refractivity contribution in [2.75, 3.05) is 32.9 Å². The molecule has 0 atom stereocenters. The molecule has 0 saturated carbocycles. The van der Waals surface area contributed by atoms with Crippen LogP contribution in [0.5, 0.6) is 0 Å². The van der Waals surface area contributed by atoms with Crippen LogP contribution in [0.2, 0.25) is 0 Å². The molecule has 0 spiro atoms. The molecule has 0 aliphatic carbocycles. The van der Waals surface area contributed by atoms with Crippen LogP contribution < -0.4 is 10.5 Å².